The monoisotopic (exact) mass is 1280 g/mol. The number of phosphoric ester groups is 1. The molecule has 0 saturated carbocycles. The number of esters is 2. The highest BCUT2D eigenvalue weighted by Gasteiger charge is 2.26. The van der Waals surface area contributed by atoms with Crippen LogP contribution in [0.1, 0.15) is 406 Å². The topological polar surface area (TPSA) is 134 Å². The largest absolute Gasteiger partial charge is 0.472 e. The molecule has 0 bridgehead atoms. The Balaban J connectivity index is 3.77. The van der Waals surface area contributed by atoms with Crippen LogP contribution in [0.3, 0.4) is 0 Å². The number of carbonyl (C=O) groups excluding carboxylic acids is 2. The van der Waals surface area contributed by atoms with Crippen LogP contribution in [0.25, 0.3) is 0 Å². The SMILES string of the molecule is CC/C=C\C/C=C\C/C=C\C/C=C\C/C=C\CCCCCCCCCCCCCCCCCCCCCCCC(=O)OC(COC(=O)CCCCCCCCCCCCCCCCCCCCCCCCCCCCCCCCCC)COP(=O)(O)OCCN. The average molecular weight is 1290 g/mol. The fourth-order valence-corrected chi connectivity index (χ4v) is 12.7. The Hall–Kier alpha value is -2.29. The minimum atomic E-state index is -4.39. The van der Waals surface area contributed by atoms with E-state index in [9.17, 15) is 19.0 Å². The fourth-order valence-electron chi connectivity index (χ4n) is 11.9. The van der Waals surface area contributed by atoms with Crippen LogP contribution in [-0.2, 0) is 32.7 Å². The van der Waals surface area contributed by atoms with E-state index in [-0.39, 0.29) is 38.6 Å². The van der Waals surface area contributed by atoms with E-state index in [0.29, 0.717) is 6.42 Å². The van der Waals surface area contributed by atoms with Crippen molar-refractivity contribution >= 4 is 19.8 Å². The zero-order valence-electron chi connectivity index (χ0n) is 59.6. The van der Waals surface area contributed by atoms with Gasteiger partial charge < -0.3 is 20.1 Å². The van der Waals surface area contributed by atoms with Crippen molar-refractivity contribution in [3.63, 3.8) is 0 Å². The van der Waals surface area contributed by atoms with Crippen LogP contribution >= 0.6 is 7.82 Å². The Kier molecular flexibility index (Phi) is 73.8. The number of hydrogen-bond acceptors (Lipinski definition) is 8. The van der Waals surface area contributed by atoms with E-state index >= 15 is 0 Å². The number of ether oxygens (including phenoxy) is 2. The third kappa shape index (κ3) is 74.7. The minimum absolute atomic E-state index is 0.0557. The molecule has 2 unspecified atom stereocenters. The molecule has 0 aliphatic carbocycles. The van der Waals surface area contributed by atoms with Crippen molar-refractivity contribution in [3.8, 4) is 0 Å². The zero-order valence-corrected chi connectivity index (χ0v) is 60.5. The lowest BCUT2D eigenvalue weighted by Gasteiger charge is -2.19. The van der Waals surface area contributed by atoms with Gasteiger partial charge in [-0.05, 0) is 57.8 Å². The van der Waals surface area contributed by atoms with E-state index in [1.54, 1.807) is 0 Å². The summed E-state index contributed by atoms with van der Waals surface area (Å²) in [7, 11) is -4.39. The molecule has 9 nitrogen and oxygen atoms in total. The van der Waals surface area contributed by atoms with Gasteiger partial charge in [-0.3, -0.25) is 18.6 Å². The first-order valence-electron chi connectivity index (χ1n) is 39.3. The summed E-state index contributed by atoms with van der Waals surface area (Å²) < 4.78 is 33.3. The van der Waals surface area contributed by atoms with Gasteiger partial charge in [0, 0.05) is 19.4 Å². The summed E-state index contributed by atoms with van der Waals surface area (Å²) in [6.07, 6.45) is 99.3. The highest BCUT2D eigenvalue weighted by Crippen LogP contribution is 2.43. The maximum Gasteiger partial charge on any atom is 0.472 e. The maximum absolute atomic E-state index is 12.8. The molecule has 0 aliphatic heterocycles. The zero-order chi connectivity index (χ0) is 65.1. The van der Waals surface area contributed by atoms with Crippen LogP contribution in [0.2, 0.25) is 0 Å². The summed E-state index contributed by atoms with van der Waals surface area (Å²) in [5.41, 5.74) is 5.41. The molecule has 0 aromatic heterocycles. The van der Waals surface area contributed by atoms with Crippen molar-refractivity contribution < 1.29 is 37.6 Å². The number of nitrogens with two attached hydrogens (primary N) is 1. The second kappa shape index (κ2) is 75.7. The van der Waals surface area contributed by atoms with Crippen molar-refractivity contribution in [2.75, 3.05) is 26.4 Å². The van der Waals surface area contributed by atoms with Crippen molar-refractivity contribution in [2.24, 2.45) is 5.73 Å². The van der Waals surface area contributed by atoms with E-state index in [1.165, 1.54) is 308 Å². The molecule has 0 radical (unpaired) electrons. The molecule has 0 amide bonds. The van der Waals surface area contributed by atoms with Gasteiger partial charge in [0.05, 0.1) is 13.2 Å². The Labute approximate surface area is 559 Å². The summed E-state index contributed by atoms with van der Waals surface area (Å²) in [5.74, 6) is -0.803. The molecule has 0 saturated heterocycles. The van der Waals surface area contributed by atoms with Gasteiger partial charge in [0.15, 0.2) is 6.10 Å². The van der Waals surface area contributed by atoms with Crippen molar-refractivity contribution in [1.82, 2.24) is 0 Å². The van der Waals surface area contributed by atoms with Crippen LogP contribution < -0.4 is 5.73 Å². The summed E-state index contributed by atoms with van der Waals surface area (Å²) in [5, 5.41) is 0. The molecule has 0 fully saturated rings. The molecule has 0 aromatic carbocycles. The van der Waals surface area contributed by atoms with Crippen molar-refractivity contribution in [2.45, 2.75) is 412 Å². The van der Waals surface area contributed by atoms with Gasteiger partial charge in [-0.1, -0.05) is 396 Å². The molecular weight excluding hydrogens is 1130 g/mol. The van der Waals surface area contributed by atoms with E-state index in [0.717, 1.165) is 64.2 Å². The van der Waals surface area contributed by atoms with E-state index in [2.05, 4.69) is 74.6 Å². The van der Waals surface area contributed by atoms with E-state index < -0.39 is 26.5 Å². The third-order valence-electron chi connectivity index (χ3n) is 17.7. The molecule has 2 atom stereocenters. The van der Waals surface area contributed by atoms with Gasteiger partial charge in [0.25, 0.3) is 0 Å². The molecule has 90 heavy (non-hydrogen) atoms. The summed E-state index contributed by atoms with van der Waals surface area (Å²) in [4.78, 5) is 35.4. The first kappa shape index (κ1) is 87.7. The lowest BCUT2D eigenvalue weighted by Crippen LogP contribution is -2.29. The lowest BCUT2D eigenvalue weighted by molar-refractivity contribution is -0.161. The first-order valence-corrected chi connectivity index (χ1v) is 40.8. The van der Waals surface area contributed by atoms with Gasteiger partial charge >= 0.3 is 19.8 Å². The number of carbonyl (C=O) groups is 2. The Morgan fingerprint density at radius 3 is 0.911 bits per heavy atom. The maximum atomic E-state index is 12.8. The highest BCUT2D eigenvalue weighted by molar-refractivity contribution is 7.47. The molecule has 528 valence electrons. The van der Waals surface area contributed by atoms with Crippen LogP contribution in [0.5, 0.6) is 0 Å². The molecule has 0 spiro atoms. The second-order valence-corrected chi connectivity index (χ2v) is 28.0. The molecule has 0 heterocycles. The number of allylic oxidation sites excluding steroid dienone is 10. The minimum Gasteiger partial charge on any atom is -0.462 e. The van der Waals surface area contributed by atoms with Crippen LogP contribution in [0, 0.1) is 0 Å². The van der Waals surface area contributed by atoms with Gasteiger partial charge in [-0.25, -0.2) is 4.57 Å². The van der Waals surface area contributed by atoms with Crippen LogP contribution in [0.4, 0.5) is 0 Å². The third-order valence-corrected chi connectivity index (χ3v) is 18.7. The van der Waals surface area contributed by atoms with Gasteiger partial charge in [-0.2, -0.15) is 0 Å². The Bertz CT molecular complexity index is 1660. The lowest BCUT2D eigenvalue weighted by atomic mass is 10.0. The molecule has 0 aliphatic rings. The summed E-state index contributed by atoms with van der Waals surface area (Å²) in [6, 6.07) is 0. The quantitative estimate of drug-likeness (QED) is 0.0264. The Morgan fingerprint density at radius 2 is 0.611 bits per heavy atom. The molecule has 0 rings (SSSR count). The van der Waals surface area contributed by atoms with Gasteiger partial charge in [0.1, 0.15) is 6.61 Å². The number of rotatable bonds is 75. The fraction of sp³-hybridized carbons (Fsp3) is 0.850. The molecule has 0 aromatic rings. The first-order chi connectivity index (χ1) is 44.3. The highest BCUT2D eigenvalue weighted by atomic mass is 31.2. The smallest absolute Gasteiger partial charge is 0.462 e. The van der Waals surface area contributed by atoms with Crippen LogP contribution in [-0.4, -0.2) is 49.3 Å². The van der Waals surface area contributed by atoms with Gasteiger partial charge in [-0.15, -0.1) is 0 Å². The second-order valence-electron chi connectivity index (χ2n) is 26.6. The van der Waals surface area contributed by atoms with Crippen molar-refractivity contribution in [1.29, 1.82) is 0 Å². The molecular formula is C80H150NO8P. The number of hydrogen-bond donors (Lipinski definition) is 2. The number of unbranched alkanes of at least 4 members (excludes halogenated alkanes) is 52. The average Bonchev–Trinajstić information content (AvgIpc) is 3.75. The standard InChI is InChI=1S/C80H150NO8P/c1-3-5-7-9-11-13-15-17-19-21-23-25-27-29-31-33-35-37-38-39-40-41-43-45-47-49-51-53-55-57-59-61-63-65-67-69-71-73-80(83)89-78(77-88-90(84,85)87-75-74-81)76-86-79(82)72-70-68-66-64-62-60-58-56-54-52-50-48-46-44-42-36-34-32-30-28-26-24-22-20-18-16-14-12-10-8-6-4-2/h5,7,11,13,17,19,23,25,29,31,78H,3-4,6,8-10,12,14-16,18,20-22,24,26-28,30,32-77,81H2,1-2H3,(H,84,85)/b7-5-,13-11-,19-17-,25-23-,31-29-. The Morgan fingerprint density at radius 1 is 0.344 bits per heavy atom. The predicted molar refractivity (Wildman–Crippen MR) is 390 cm³/mol. The van der Waals surface area contributed by atoms with Crippen molar-refractivity contribution in [3.05, 3.63) is 60.8 Å². The summed E-state index contributed by atoms with van der Waals surface area (Å²) in [6.45, 7) is 3.71. The normalized spacial score (nSPS) is 13.2. The van der Waals surface area contributed by atoms with E-state index in [1.807, 2.05) is 0 Å². The molecule has 10 heteroatoms. The number of phosphoric acid groups is 1. The molecule has 3 N–H and O–H groups in total. The van der Waals surface area contributed by atoms with Gasteiger partial charge in [0.2, 0.25) is 0 Å². The van der Waals surface area contributed by atoms with Crippen LogP contribution in [0.15, 0.2) is 60.8 Å². The van der Waals surface area contributed by atoms with E-state index in [4.69, 9.17) is 24.3 Å². The predicted octanol–water partition coefficient (Wildman–Crippen LogP) is 26.2. The summed E-state index contributed by atoms with van der Waals surface area (Å²) >= 11 is 0.